The van der Waals surface area contributed by atoms with E-state index in [0.29, 0.717) is 42.5 Å². The fourth-order valence-corrected chi connectivity index (χ4v) is 8.68. The van der Waals surface area contributed by atoms with E-state index in [1.807, 2.05) is 48.5 Å². The molecule has 11 nitrogen and oxygen atoms in total. The minimum absolute atomic E-state index is 0. The van der Waals surface area contributed by atoms with E-state index in [1.54, 1.807) is 12.2 Å². The number of hydrogen-bond donors (Lipinski definition) is 5. The van der Waals surface area contributed by atoms with Crippen molar-refractivity contribution in [2.24, 2.45) is 0 Å². The van der Waals surface area contributed by atoms with E-state index in [0.717, 1.165) is 126 Å². The fraction of sp³-hybridized carbons (Fsp3) is 0.667. The van der Waals surface area contributed by atoms with E-state index in [1.165, 1.54) is 88.8 Å². The third-order valence-electron chi connectivity index (χ3n) is 13.6. The second kappa shape index (κ2) is 54.0. The molecule has 5 N–H and O–H groups in total. The molecular formula is C72H129N7O4. The first-order chi connectivity index (χ1) is 39.2. The average Bonchev–Trinajstić information content (AvgIpc) is 3.49. The molecule has 3 aromatic carbocycles. The van der Waals surface area contributed by atoms with Crippen LogP contribution in [0.1, 0.15) is 240 Å². The monoisotopic (exact) mass is 1160 g/mol. The molecule has 0 radical (unpaired) electrons. The molecular weight excluding hydrogens is 1030 g/mol. The summed E-state index contributed by atoms with van der Waals surface area (Å²) in [7, 11) is 0. The van der Waals surface area contributed by atoms with Gasteiger partial charge in [-0.1, -0.05) is 140 Å². The summed E-state index contributed by atoms with van der Waals surface area (Å²) < 4.78 is 11.9. The second-order valence-corrected chi connectivity index (χ2v) is 22.8. The Morgan fingerprint density at radius 2 is 0.795 bits per heavy atom. The van der Waals surface area contributed by atoms with Gasteiger partial charge in [-0.15, -0.1) is 0 Å². The van der Waals surface area contributed by atoms with Crippen molar-refractivity contribution in [3.8, 4) is 11.5 Å². The van der Waals surface area contributed by atoms with Crippen molar-refractivity contribution >= 4 is 17.3 Å². The van der Waals surface area contributed by atoms with Crippen LogP contribution in [0.5, 0.6) is 11.5 Å². The smallest absolute Gasteiger partial charge is 0.187 e. The standard InChI is InChI=1S/C31H55N3O2.C29H51N3O2.C10H15N.2CH4/c1-6-9-15-29(33-21-13-12-20-32-27(4)5)26-31(35)28-16-18-30(19-17-28)36-25-14-24-34(22-10-7-2)23-11-8-3;1-6-9-13-27(31-19-18-30-25(4)5)24-29(33)26-14-16-28(17-15-26)34-23-12-22-32(20-10-7-2)21-11-8-3;1-8(2)11-10-6-4-9(3)5-7-10;;/h16-19,26-27,32-33H,6-15,20-25H2,1-5H3;14-17,24-25,30-31H,6-13,18-23H2,1-5H3;4-8,11H,1-3H3;2*1H4/b29-26+;27-24+;;;. The lowest BCUT2D eigenvalue weighted by Gasteiger charge is -2.21. The maximum atomic E-state index is 12.9. The first kappa shape index (κ1) is 80.4. The summed E-state index contributed by atoms with van der Waals surface area (Å²) in [6.07, 6.45) is 24.1. The summed E-state index contributed by atoms with van der Waals surface area (Å²) in [4.78, 5) is 30.8. The van der Waals surface area contributed by atoms with Gasteiger partial charge >= 0.3 is 0 Å². The van der Waals surface area contributed by atoms with Crippen LogP contribution in [0.3, 0.4) is 0 Å². The van der Waals surface area contributed by atoms with Gasteiger partial charge in [-0.3, -0.25) is 9.59 Å². The molecule has 0 amide bonds. The summed E-state index contributed by atoms with van der Waals surface area (Å²) >= 11 is 0. The molecule has 476 valence electrons. The zero-order chi connectivity index (χ0) is 59.7. The van der Waals surface area contributed by atoms with Crippen molar-refractivity contribution in [1.82, 2.24) is 31.1 Å². The summed E-state index contributed by atoms with van der Waals surface area (Å²) in [5.74, 6) is 1.77. The summed E-state index contributed by atoms with van der Waals surface area (Å²) in [5, 5.41) is 17.1. The molecule has 0 heterocycles. The van der Waals surface area contributed by atoms with Gasteiger partial charge in [0.25, 0.3) is 0 Å². The fourth-order valence-electron chi connectivity index (χ4n) is 8.68. The molecule has 0 aliphatic rings. The molecule has 3 aromatic rings. The van der Waals surface area contributed by atoms with Crippen molar-refractivity contribution in [2.75, 3.05) is 84.0 Å². The lowest BCUT2D eigenvalue weighted by molar-refractivity contribution is 0.103. The Bertz CT molecular complexity index is 2000. The highest BCUT2D eigenvalue weighted by Crippen LogP contribution is 2.17. The highest BCUT2D eigenvalue weighted by atomic mass is 16.5. The van der Waals surface area contributed by atoms with Gasteiger partial charge in [0.2, 0.25) is 0 Å². The number of hydrogen-bond acceptors (Lipinski definition) is 11. The predicted molar refractivity (Wildman–Crippen MR) is 364 cm³/mol. The van der Waals surface area contributed by atoms with E-state index >= 15 is 0 Å². The van der Waals surface area contributed by atoms with Crippen LogP contribution >= 0.6 is 0 Å². The molecule has 0 spiro atoms. The number of unbranched alkanes of at least 4 members (excludes halogenated alkanes) is 7. The Hall–Kier alpha value is -4.68. The van der Waals surface area contributed by atoms with Crippen LogP contribution < -0.4 is 36.1 Å². The van der Waals surface area contributed by atoms with Crippen molar-refractivity contribution in [3.05, 3.63) is 113 Å². The van der Waals surface area contributed by atoms with Crippen molar-refractivity contribution in [3.63, 3.8) is 0 Å². The van der Waals surface area contributed by atoms with Crippen LogP contribution in [0.15, 0.2) is 96.3 Å². The average molecular weight is 1160 g/mol. The van der Waals surface area contributed by atoms with Gasteiger partial charge < -0.3 is 45.9 Å². The predicted octanol–water partition coefficient (Wildman–Crippen LogP) is 17.3. The quantitative estimate of drug-likeness (QED) is 0.0211. The molecule has 83 heavy (non-hydrogen) atoms. The number of aryl methyl sites for hydroxylation is 1. The lowest BCUT2D eigenvalue weighted by Crippen LogP contribution is -2.31. The van der Waals surface area contributed by atoms with Crippen LogP contribution in [0.4, 0.5) is 5.69 Å². The Morgan fingerprint density at radius 1 is 0.434 bits per heavy atom. The van der Waals surface area contributed by atoms with Crippen LogP contribution in [0.25, 0.3) is 0 Å². The van der Waals surface area contributed by atoms with E-state index < -0.39 is 0 Å². The topological polar surface area (TPSA) is 119 Å². The second-order valence-electron chi connectivity index (χ2n) is 22.8. The van der Waals surface area contributed by atoms with E-state index in [2.05, 4.69) is 151 Å². The van der Waals surface area contributed by atoms with Gasteiger partial charge in [-0.25, -0.2) is 0 Å². The molecule has 0 aliphatic carbocycles. The Morgan fingerprint density at radius 3 is 1.17 bits per heavy atom. The number of carbonyl (C=O) groups is 2. The molecule has 0 aromatic heterocycles. The Balaban J connectivity index is 0. The third-order valence-corrected chi connectivity index (χ3v) is 13.6. The summed E-state index contributed by atoms with van der Waals surface area (Å²) in [6.45, 7) is 40.3. The number of carbonyl (C=O) groups excluding carboxylic acids is 2. The molecule has 3 rings (SSSR count). The molecule has 0 aliphatic heterocycles. The number of anilines is 1. The minimum atomic E-state index is 0. The number of rotatable bonds is 46. The zero-order valence-corrected chi connectivity index (χ0v) is 54.1. The van der Waals surface area contributed by atoms with Gasteiger partial charge in [0.15, 0.2) is 11.6 Å². The largest absolute Gasteiger partial charge is 0.494 e. The highest BCUT2D eigenvalue weighted by Gasteiger charge is 2.10. The van der Waals surface area contributed by atoms with Crippen molar-refractivity contribution in [2.45, 2.75) is 239 Å². The normalized spacial score (nSPS) is 11.4. The van der Waals surface area contributed by atoms with Crippen molar-refractivity contribution in [1.29, 1.82) is 0 Å². The van der Waals surface area contributed by atoms with Crippen LogP contribution in [0.2, 0.25) is 0 Å². The summed E-state index contributed by atoms with van der Waals surface area (Å²) in [5.41, 5.74) is 5.99. The zero-order valence-electron chi connectivity index (χ0n) is 54.1. The first-order valence-corrected chi connectivity index (χ1v) is 32.4. The van der Waals surface area contributed by atoms with E-state index in [4.69, 9.17) is 9.47 Å². The van der Waals surface area contributed by atoms with E-state index in [9.17, 15) is 9.59 Å². The van der Waals surface area contributed by atoms with Gasteiger partial charge in [-0.05, 0) is 191 Å². The molecule has 0 atom stereocenters. The number of benzene rings is 3. The van der Waals surface area contributed by atoms with Crippen molar-refractivity contribution < 1.29 is 19.1 Å². The molecule has 0 bridgehead atoms. The van der Waals surface area contributed by atoms with Gasteiger partial charge in [-0.2, -0.15) is 0 Å². The Labute approximate surface area is 512 Å². The molecule has 0 unspecified atom stereocenters. The van der Waals surface area contributed by atoms with Gasteiger partial charge in [0.05, 0.1) is 13.2 Å². The molecule has 0 saturated heterocycles. The SMILES string of the molecule is C.C.CCCC/C(=C\C(=O)c1ccc(OCCCN(CCCC)CCCC)cc1)NCCCCNC(C)C.CCCC/C(=C\C(=O)c1ccc(OCCCN(CCCC)CCCC)cc1)NCCNC(C)C.Cc1ccc(NC(C)C)cc1. The minimum Gasteiger partial charge on any atom is -0.494 e. The number of nitrogens with one attached hydrogen (secondary N) is 5. The number of ether oxygens (including phenoxy) is 2. The van der Waals surface area contributed by atoms with Gasteiger partial charge in [0, 0.05) is 91.2 Å². The maximum absolute atomic E-state index is 12.9. The molecule has 0 fully saturated rings. The number of allylic oxidation sites excluding steroid dienone is 4. The van der Waals surface area contributed by atoms with Crippen LogP contribution in [-0.4, -0.2) is 118 Å². The number of ketones is 2. The first-order valence-electron chi connectivity index (χ1n) is 32.4. The lowest BCUT2D eigenvalue weighted by atomic mass is 10.1. The highest BCUT2D eigenvalue weighted by molar-refractivity contribution is 6.05. The molecule has 0 saturated carbocycles. The van der Waals surface area contributed by atoms with E-state index in [-0.39, 0.29) is 26.4 Å². The number of nitrogens with zero attached hydrogens (tertiary/aromatic N) is 2. The molecule has 11 heteroatoms. The van der Waals surface area contributed by atoms with Gasteiger partial charge in [0.1, 0.15) is 11.5 Å². The summed E-state index contributed by atoms with van der Waals surface area (Å²) in [6, 6.07) is 25.2. The third kappa shape index (κ3) is 44.5. The Kier molecular flexibility index (Phi) is 52.3. The maximum Gasteiger partial charge on any atom is 0.187 e. The van der Waals surface area contributed by atoms with Crippen LogP contribution in [0, 0.1) is 6.92 Å². The van der Waals surface area contributed by atoms with Crippen LogP contribution in [-0.2, 0) is 0 Å².